The van der Waals surface area contributed by atoms with Gasteiger partial charge in [0.2, 0.25) is 5.56 Å². The fraction of sp³-hybridized carbons (Fsp3) is 0.320. The van der Waals surface area contributed by atoms with Gasteiger partial charge in [0, 0.05) is 60.9 Å². The Morgan fingerprint density at radius 2 is 1.84 bits per heavy atom. The molecule has 1 saturated heterocycles. The molecule has 0 saturated carbocycles. The van der Waals surface area contributed by atoms with Gasteiger partial charge in [-0.1, -0.05) is 5.92 Å². The minimum Gasteiger partial charge on any atom is -0.491 e. The monoisotopic (exact) mass is 417 g/mol. The Kier molecular flexibility index (Phi) is 6.56. The molecule has 6 heteroatoms. The number of aliphatic hydroxyl groups is 1. The predicted octanol–water partition coefficient (Wildman–Crippen LogP) is 2.46. The second-order valence-corrected chi connectivity index (χ2v) is 7.75. The van der Waals surface area contributed by atoms with E-state index in [1.807, 2.05) is 19.1 Å². The molecule has 0 unspecified atom stereocenters. The highest BCUT2D eigenvalue weighted by Crippen LogP contribution is 2.19. The zero-order chi connectivity index (χ0) is 21.6. The van der Waals surface area contributed by atoms with Crippen molar-refractivity contribution < 1.29 is 9.84 Å². The maximum Gasteiger partial charge on any atom is 0.248 e. The number of aromatic amines is 1. The first kappa shape index (κ1) is 21.0. The molecular weight excluding hydrogens is 390 g/mol. The van der Waals surface area contributed by atoms with Gasteiger partial charge in [-0.2, -0.15) is 0 Å². The molecule has 31 heavy (non-hydrogen) atoms. The third-order valence-electron chi connectivity index (χ3n) is 5.48. The highest BCUT2D eigenvalue weighted by atomic mass is 16.5. The summed E-state index contributed by atoms with van der Waals surface area (Å²) in [5.41, 5.74) is 2.89. The Balaban J connectivity index is 1.24. The lowest BCUT2D eigenvalue weighted by Gasteiger charge is -2.36. The van der Waals surface area contributed by atoms with Gasteiger partial charge in [0.15, 0.2) is 0 Å². The molecule has 0 radical (unpaired) electrons. The number of aliphatic hydroxyl groups excluding tert-OH is 1. The molecule has 0 aliphatic carbocycles. The number of aromatic nitrogens is 1. The van der Waals surface area contributed by atoms with Gasteiger partial charge in [-0.05, 0) is 55.5 Å². The minimum atomic E-state index is -0.565. The lowest BCUT2D eigenvalue weighted by atomic mass is 10.2. The largest absolute Gasteiger partial charge is 0.491 e. The van der Waals surface area contributed by atoms with Gasteiger partial charge in [-0.3, -0.25) is 9.69 Å². The van der Waals surface area contributed by atoms with Crippen molar-refractivity contribution in [3.05, 3.63) is 70.5 Å². The number of β-amino-alcohol motifs (C(OH)–C–C–N with tert-alkyl or cyclic N) is 1. The first-order valence-electron chi connectivity index (χ1n) is 10.5. The van der Waals surface area contributed by atoms with Crippen molar-refractivity contribution in [3.63, 3.8) is 0 Å². The van der Waals surface area contributed by atoms with Crippen LogP contribution in [0.15, 0.2) is 59.4 Å². The number of H-pyrrole nitrogens is 1. The van der Waals surface area contributed by atoms with E-state index in [0.29, 0.717) is 12.3 Å². The summed E-state index contributed by atoms with van der Waals surface area (Å²) < 4.78 is 5.78. The summed E-state index contributed by atoms with van der Waals surface area (Å²) in [5, 5.41) is 11.3. The molecular formula is C25H27N3O3. The third kappa shape index (κ3) is 5.46. The van der Waals surface area contributed by atoms with Crippen LogP contribution < -0.4 is 15.2 Å². The summed E-state index contributed by atoms with van der Waals surface area (Å²) in [6.07, 6.45) is -0.565. The number of hydrogen-bond donors (Lipinski definition) is 2. The lowest BCUT2D eigenvalue weighted by molar-refractivity contribution is 0.0663. The molecule has 1 aliphatic heterocycles. The van der Waals surface area contributed by atoms with Crippen LogP contribution in [-0.4, -0.2) is 60.4 Å². The summed E-state index contributed by atoms with van der Waals surface area (Å²) in [6.45, 7) is 6.31. The maximum absolute atomic E-state index is 11.4. The fourth-order valence-corrected chi connectivity index (χ4v) is 3.85. The quantitative estimate of drug-likeness (QED) is 0.603. The number of nitrogens with one attached hydrogen (secondary N) is 1. The van der Waals surface area contributed by atoms with Crippen LogP contribution in [0.3, 0.4) is 0 Å². The van der Waals surface area contributed by atoms with Crippen molar-refractivity contribution in [2.45, 2.75) is 13.0 Å². The second kappa shape index (κ2) is 9.69. The van der Waals surface area contributed by atoms with Crippen LogP contribution in [0.5, 0.6) is 5.75 Å². The summed E-state index contributed by atoms with van der Waals surface area (Å²) in [7, 11) is 0. The van der Waals surface area contributed by atoms with Crippen LogP contribution >= 0.6 is 0 Å². The number of piperazine rings is 1. The van der Waals surface area contributed by atoms with Crippen LogP contribution in [0.4, 0.5) is 5.69 Å². The average molecular weight is 418 g/mol. The SMILES string of the molecule is CC#Cc1ccc(N2CCN(C[C@@H](O)COc3ccc4[nH]c(=O)ccc4c3)CC2)cc1. The number of pyridine rings is 1. The van der Waals surface area contributed by atoms with Crippen LogP contribution in [0, 0.1) is 11.8 Å². The number of benzene rings is 2. The van der Waals surface area contributed by atoms with Gasteiger partial charge in [0.05, 0.1) is 0 Å². The van der Waals surface area contributed by atoms with E-state index in [4.69, 9.17) is 4.74 Å². The molecule has 2 heterocycles. The zero-order valence-corrected chi connectivity index (χ0v) is 17.7. The molecule has 2 N–H and O–H groups in total. The highest BCUT2D eigenvalue weighted by Gasteiger charge is 2.19. The van der Waals surface area contributed by atoms with Crippen molar-refractivity contribution in [2.75, 3.05) is 44.2 Å². The van der Waals surface area contributed by atoms with Gasteiger partial charge in [0.25, 0.3) is 0 Å². The topological polar surface area (TPSA) is 68.8 Å². The first-order valence-corrected chi connectivity index (χ1v) is 10.5. The van der Waals surface area contributed by atoms with Gasteiger partial charge in [-0.25, -0.2) is 0 Å². The summed E-state index contributed by atoms with van der Waals surface area (Å²) in [6, 6.07) is 17.1. The molecule has 1 fully saturated rings. The Morgan fingerprint density at radius 3 is 2.58 bits per heavy atom. The molecule has 0 amide bonds. The number of hydrogen-bond acceptors (Lipinski definition) is 5. The second-order valence-electron chi connectivity index (χ2n) is 7.75. The highest BCUT2D eigenvalue weighted by molar-refractivity contribution is 5.79. The van der Waals surface area contributed by atoms with Crippen molar-refractivity contribution >= 4 is 16.6 Å². The lowest BCUT2D eigenvalue weighted by Crippen LogP contribution is -2.49. The minimum absolute atomic E-state index is 0.125. The molecule has 1 aromatic heterocycles. The van der Waals surface area contributed by atoms with Crippen LogP contribution in [0.1, 0.15) is 12.5 Å². The van der Waals surface area contributed by atoms with E-state index in [-0.39, 0.29) is 12.2 Å². The molecule has 6 nitrogen and oxygen atoms in total. The zero-order valence-electron chi connectivity index (χ0n) is 17.7. The van der Waals surface area contributed by atoms with Crippen molar-refractivity contribution in [1.29, 1.82) is 0 Å². The van der Waals surface area contributed by atoms with E-state index in [9.17, 15) is 9.90 Å². The normalized spacial score (nSPS) is 15.4. The summed E-state index contributed by atoms with van der Waals surface area (Å²) in [5.74, 6) is 6.67. The summed E-state index contributed by atoms with van der Waals surface area (Å²) in [4.78, 5) is 18.8. The molecule has 2 aromatic carbocycles. The number of rotatable bonds is 6. The van der Waals surface area contributed by atoms with E-state index in [1.54, 1.807) is 12.1 Å². The van der Waals surface area contributed by atoms with E-state index in [1.165, 1.54) is 11.8 Å². The van der Waals surface area contributed by atoms with Gasteiger partial charge < -0.3 is 19.7 Å². The number of nitrogens with zero attached hydrogens (tertiary/aromatic N) is 2. The van der Waals surface area contributed by atoms with Crippen LogP contribution in [-0.2, 0) is 0 Å². The number of fused-ring (bicyclic) bond motifs is 1. The van der Waals surface area contributed by atoms with Crippen LogP contribution in [0.2, 0.25) is 0 Å². The molecule has 4 rings (SSSR count). The molecule has 160 valence electrons. The van der Waals surface area contributed by atoms with E-state index < -0.39 is 6.10 Å². The van der Waals surface area contributed by atoms with Crippen LogP contribution in [0.25, 0.3) is 10.9 Å². The third-order valence-corrected chi connectivity index (χ3v) is 5.48. The molecule has 1 atom stereocenters. The number of ether oxygens (including phenoxy) is 1. The van der Waals surface area contributed by atoms with E-state index in [0.717, 1.165) is 42.6 Å². The van der Waals surface area contributed by atoms with Crippen molar-refractivity contribution in [1.82, 2.24) is 9.88 Å². The summed E-state index contributed by atoms with van der Waals surface area (Å²) >= 11 is 0. The Morgan fingerprint density at radius 1 is 1.06 bits per heavy atom. The molecule has 0 bridgehead atoms. The first-order chi connectivity index (χ1) is 15.1. The molecule has 1 aliphatic rings. The Bertz CT molecular complexity index is 1140. The van der Waals surface area contributed by atoms with Gasteiger partial charge in [-0.15, -0.1) is 5.92 Å². The molecule has 0 spiro atoms. The number of anilines is 1. The van der Waals surface area contributed by atoms with E-state index >= 15 is 0 Å². The predicted molar refractivity (Wildman–Crippen MR) is 124 cm³/mol. The average Bonchev–Trinajstić information content (AvgIpc) is 2.79. The van der Waals surface area contributed by atoms with Crippen molar-refractivity contribution in [3.8, 4) is 17.6 Å². The standard InChI is InChI=1S/C25H27N3O3/c1-2-3-19-4-7-21(8-5-19)28-14-12-27(13-15-28)17-22(29)18-31-23-9-10-24-20(16-23)6-11-25(30)26-24/h4-11,16,22,29H,12-15,17-18H2,1H3,(H,26,30)/t22-/m1/s1. The van der Waals surface area contributed by atoms with E-state index in [2.05, 4.69) is 50.9 Å². The Labute approximate surface area is 182 Å². The van der Waals surface area contributed by atoms with Gasteiger partial charge >= 0.3 is 0 Å². The smallest absolute Gasteiger partial charge is 0.248 e. The van der Waals surface area contributed by atoms with Crippen molar-refractivity contribution in [2.24, 2.45) is 0 Å². The maximum atomic E-state index is 11.4. The van der Waals surface area contributed by atoms with Gasteiger partial charge in [0.1, 0.15) is 18.5 Å². The Hall–Kier alpha value is -3.27. The fourth-order valence-electron chi connectivity index (χ4n) is 3.85. The molecule has 3 aromatic rings.